The molecule has 1 aromatic rings. The van der Waals surface area contributed by atoms with Crippen LogP contribution in [0.1, 0.15) is 30.4 Å². The summed E-state index contributed by atoms with van der Waals surface area (Å²) in [6.45, 7) is 2.54. The lowest BCUT2D eigenvalue weighted by Crippen LogP contribution is -2.37. The molecular weight excluding hydrogens is 253 g/mol. The maximum Gasteiger partial charge on any atom is 0.0456 e. The van der Waals surface area contributed by atoms with Crippen LogP contribution in [-0.4, -0.2) is 24.0 Å². The lowest BCUT2D eigenvalue weighted by molar-refractivity contribution is 0.222. The van der Waals surface area contributed by atoms with Gasteiger partial charge in [-0.15, -0.1) is 0 Å². The van der Waals surface area contributed by atoms with Crippen molar-refractivity contribution < 1.29 is 0 Å². The molecule has 0 N–H and O–H groups in total. The molecule has 1 saturated heterocycles. The second-order valence-electron chi connectivity index (χ2n) is 5.16. The van der Waals surface area contributed by atoms with E-state index in [0.29, 0.717) is 6.04 Å². The minimum absolute atomic E-state index is 0.698. The van der Waals surface area contributed by atoms with Crippen LogP contribution in [0.5, 0.6) is 0 Å². The van der Waals surface area contributed by atoms with Gasteiger partial charge in [0.25, 0.3) is 0 Å². The second-order valence-corrected chi connectivity index (χ2v) is 6.01. The van der Waals surface area contributed by atoms with Gasteiger partial charge in [0.15, 0.2) is 0 Å². The van der Waals surface area contributed by atoms with Gasteiger partial charge >= 0.3 is 0 Å². The van der Waals surface area contributed by atoms with Crippen molar-refractivity contribution in [3.8, 4) is 0 Å². The monoisotopic (exact) mass is 269 g/mol. The van der Waals surface area contributed by atoms with E-state index in [1.807, 2.05) is 6.07 Å². The van der Waals surface area contributed by atoms with Crippen LogP contribution < -0.4 is 0 Å². The van der Waals surface area contributed by atoms with Crippen LogP contribution in [0.4, 0.5) is 0 Å². The Morgan fingerprint density at radius 2 is 1.88 bits per heavy atom. The molecule has 3 heteroatoms. The number of rotatable bonds is 1. The fraction of sp³-hybridized carbons (Fsp3) is 0.571. The van der Waals surface area contributed by atoms with Gasteiger partial charge in [-0.1, -0.05) is 23.2 Å². The summed E-state index contributed by atoms with van der Waals surface area (Å²) in [6.07, 6.45) is 6.20. The maximum absolute atomic E-state index is 6.32. The minimum atomic E-state index is 0.698. The van der Waals surface area contributed by atoms with Crippen molar-refractivity contribution in [1.29, 1.82) is 0 Å². The van der Waals surface area contributed by atoms with Gasteiger partial charge in [0.1, 0.15) is 0 Å². The summed E-state index contributed by atoms with van der Waals surface area (Å²) in [6, 6.07) is 4.67. The van der Waals surface area contributed by atoms with Gasteiger partial charge in [0.05, 0.1) is 0 Å². The SMILES string of the molecule is Clc1cc(Cl)c2c(c1)CCC(N1CCCC1)C2. The number of hydrogen-bond donors (Lipinski definition) is 0. The smallest absolute Gasteiger partial charge is 0.0456 e. The zero-order chi connectivity index (χ0) is 11.8. The fourth-order valence-corrected chi connectivity index (χ4v) is 3.80. The number of likely N-dealkylation sites (tertiary alicyclic amines) is 1. The third-order valence-electron chi connectivity index (χ3n) is 4.10. The molecule has 0 amide bonds. The number of halogens is 2. The molecule has 0 spiro atoms. The molecule has 1 fully saturated rings. The molecule has 1 aliphatic carbocycles. The molecular formula is C14H17Cl2N. The predicted molar refractivity (Wildman–Crippen MR) is 73.1 cm³/mol. The van der Waals surface area contributed by atoms with E-state index in [0.717, 1.165) is 22.9 Å². The number of hydrogen-bond acceptors (Lipinski definition) is 1. The van der Waals surface area contributed by atoms with Crippen LogP contribution in [0.15, 0.2) is 12.1 Å². The van der Waals surface area contributed by atoms with Crippen LogP contribution in [0, 0.1) is 0 Å². The summed E-state index contributed by atoms with van der Waals surface area (Å²) in [5.41, 5.74) is 2.69. The summed E-state index contributed by atoms with van der Waals surface area (Å²) in [5, 5.41) is 1.63. The highest BCUT2D eigenvalue weighted by atomic mass is 35.5. The maximum atomic E-state index is 6.32. The Balaban J connectivity index is 1.84. The second kappa shape index (κ2) is 4.79. The van der Waals surface area contributed by atoms with Crippen LogP contribution in [0.2, 0.25) is 10.0 Å². The molecule has 17 heavy (non-hydrogen) atoms. The zero-order valence-corrected chi connectivity index (χ0v) is 11.4. The van der Waals surface area contributed by atoms with Crippen molar-refractivity contribution in [3.63, 3.8) is 0 Å². The molecule has 0 bridgehead atoms. The average Bonchev–Trinajstić information content (AvgIpc) is 2.82. The van der Waals surface area contributed by atoms with Gasteiger partial charge in [-0.3, -0.25) is 0 Å². The third-order valence-corrected chi connectivity index (χ3v) is 4.65. The van der Waals surface area contributed by atoms with E-state index in [4.69, 9.17) is 23.2 Å². The lowest BCUT2D eigenvalue weighted by atomic mass is 9.87. The van der Waals surface area contributed by atoms with Crippen molar-refractivity contribution in [3.05, 3.63) is 33.3 Å². The van der Waals surface area contributed by atoms with Gasteiger partial charge in [0, 0.05) is 16.1 Å². The van der Waals surface area contributed by atoms with Crippen LogP contribution in [-0.2, 0) is 12.8 Å². The summed E-state index contributed by atoms with van der Waals surface area (Å²) in [4.78, 5) is 2.63. The predicted octanol–water partition coefficient (Wildman–Crippen LogP) is 3.95. The molecule has 2 aliphatic rings. The molecule has 1 heterocycles. The number of nitrogens with zero attached hydrogens (tertiary/aromatic N) is 1. The molecule has 1 aliphatic heterocycles. The Bertz CT molecular complexity index is 424. The van der Waals surface area contributed by atoms with E-state index in [-0.39, 0.29) is 0 Å². The fourth-order valence-electron chi connectivity index (χ4n) is 3.19. The summed E-state index contributed by atoms with van der Waals surface area (Å²) < 4.78 is 0. The van der Waals surface area contributed by atoms with E-state index in [9.17, 15) is 0 Å². The Morgan fingerprint density at radius 1 is 1.12 bits per heavy atom. The first-order valence-electron chi connectivity index (χ1n) is 6.45. The molecule has 3 rings (SSSR count). The van der Waals surface area contributed by atoms with Crippen molar-refractivity contribution in [1.82, 2.24) is 4.90 Å². The first kappa shape index (κ1) is 11.8. The molecule has 1 nitrogen and oxygen atoms in total. The van der Waals surface area contributed by atoms with E-state index < -0.39 is 0 Å². The van der Waals surface area contributed by atoms with Gasteiger partial charge < -0.3 is 4.90 Å². The Labute approximate surface area is 113 Å². The highest BCUT2D eigenvalue weighted by Crippen LogP contribution is 2.33. The summed E-state index contributed by atoms with van der Waals surface area (Å²) in [7, 11) is 0. The Hall–Kier alpha value is -0.240. The van der Waals surface area contributed by atoms with E-state index >= 15 is 0 Å². The summed E-state index contributed by atoms with van der Waals surface area (Å²) >= 11 is 12.4. The largest absolute Gasteiger partial charge is 0.300 e. The average molecular weight is 270 g/mol. The molecule has 92 valence electrons. The summed E-state index contributed by atoms with van der Waals surface area (Å²) in [5.74, 6) is 0. The number of aryl methyl sites for hydroxylation is 1. The van der Waals surface area contributed by atoms with Crippen LogP contribution in [0.25, 0.3) is 0 Å². The molecule has 1 aromatic carbocycles. The lowest BCUT2D eigenvalue weighted by Gasteiger charge is -2.32. The van der Waals surface area contributed by atoms with Crippen LogP contribution >= 0.6 is 23.2 Å². The Kier molecular flexibility index (Phi) is 3.34. The van der Waals surface area contributed by atoms with Crippen molar-refractivity contribution in [2.45, 2.75) is 38.1 Å². The van der Waals surface area contributed by atoms with Crippen LogP contribution in [0.3, 0.4) is 0 Å². The van der Waals surface area contributed by atoms with Crippen molar-refractivity contribution in [2.75, 3.05) is 13.1 Å². The van der Waals surface area contributed by atoms with Gasteiger partial charge in [-0.25, -0.2) is 0 Å². The standard InChI is InChI=1S/C14H17Cl2N/c15-11-7-10-3-4-12(17-5-1-2-6-17)9-13(10)14(16)8-11/h7-8,12H,1-6,9H2. The number of fused-ring (bicyclic) bond motifs is 1. The third kappa shape index (κ3) is 2.33. The van der Waals surface area contributed by atoms with E-state index in [1.165, 1.54) is 43.5 Å². The highest BCUT2D eigenvalue weighted by molar-refractivity contribution is 6.35. The topological polar surface area (TPSA) is 3.24 Å². The van der Waals surface area contributed by atoms with Gasteiger partial charge in [0.2, 0.25) is 0 Å². The van der Waals surface area contributed by atoms with Crippen molar-refractivity contribution in [2.24, 2.45) is 0 Å². The first-order chi connectivity index (χ1) is 8.24. The minimum Gasteiger partial charge on any atom is -0.300 e. The first-order valence-corrected chi connectivity index (χ1v) is 7.20. The van der Waals surface area contributed by atoms with E-state index in [1.54, 1.807) is 0 Å². The highest BCUT2D eigenvalue weighted by Gasteiger charge is 2.27. The number of benzene rings is 1. The normalized spacial score (nSPS) is 24.9. The molecule has 0 aromatic heterocycles. The molecule has 0 radical (unpaired) electrons. The zero-order valence-electron chi connectivity index (χ0n) is 9.88. The molecule has 0 saturated carbocycles. The molecule has 1 unspecified atom stereocenters. The quantitative estimate of drug-likeness (QED) is 0.747. The van der Waals surface area contributed by atoms with E-state index in [2.05, 4.69) is 11.0 Å². The Morgan fingerprint density at radius 3 is 2.65 bits per heavy atom. The van der Waals surface area contributed by atoms with Gasteiger partial charge in [-0.05, 0) is 68.5 Å². The molecule has 1 atom stereocenters. The van der Waals surface area contributed by atoms with Gasteiger partial charge in [-0.2, -0.15) is 0 Å². The van der Waals surface area contributed by atoms with Crippen molar-refractivity contribution >= 4 is 23.2 Å².